The van der Waals surface area contributed by atoms with Crippen molar-refractivity contribution in [2.75, 3.05) is 23.7 Å². The van der Waals surface area contributed by atoms with E-state index in [0.717, 1.165) is 16.2 Å². The van der Waals surface area contributed by atoms with Crippen LogP contribution in [0.1, 0.15) is 24.6 Å². The number of anilines is 1. The van der Waals surface area contributed by atoms with E-state index >= 15 is 0 Å². The van der Waals surface area contributed by atoms with Gasteiger partial charge in [0.2, 0.25) is 5.95 Å². The van der Waals surface area contributed by atoms with Crippen LogP contribution in [0.15, 0.2) is 29.2 Å². The van der Waals surface area contributed by atoms with Gasteiger partial charge >= 0.3 is 0 Å². The molecule has 0 atom stereocenters. The molecule has 1 aliphatic heterocycles. The molecule has 132 valence electrons. The van der Waals surface area contributed by atoms with Gasteiger partial charge in [0, 0.05) is 35.5 Å². The summed E-state index contributed by atoms with van der Waals surface area (Å²) in [4.78, 5) is 11.6. The van der Waals surface area contributed by atoms with Crippen molar-refractivity contribution in [2.45, 2.75) is 36.7 Å². The monoisotopic (exact) mass is 363 g/mol. The van der Waals surface area contributed by atoms with Crippen LogP contribution in [0, 0.1) is 0 Å². The van der Waals surface area contributed by atoms with Crippen molar-refractivity contribution in [3.8, 4) is 11.3 Å². The van der Waals surface area contributed by atoms with Gasteiger partial charge in [-0.3, -0.25) is 0 Å². The van der Waals surface area contributed by atoms with Crippen LogP contribution >= 0.6 is 11.8 Å². The average Bonchev–Trinajstić information content (AvgIpc) is 2.87. The first kappa shape index (κ1) is 16.7. The molecule has 2 aromatic rings. The van der Waals surface area contributed by atoms with Crippen LogP contribution in [0.25, 0.3) is 11.3 Å². The van der Waals surface area contributed by atoms with Crippen LogP contribution in [0.5, 0.6) is 0 Å². The number of aliphatic hydroxyl groups excluding tert-OH is 1. The molecular formula is C18H19F2N3OS. The third kappa shape index (κ3) is 3.00. The van der Waals surface area contributed by atoms with E-state index in [0.29, 0.717) is 24.3 Å². The van der Waals surface area contributed by atoms with Crippen molar-refractivity contribution >= 4 is 17.7 Å². The lowest BCUT2D eigenvalue weighted by Crippen LogP contribution is -2.51. The second-order valence-electron chi connectivity index (χ2n) is 6.42. The van der Waals surface area contributed by atoms with Crippen molar-refractivity contribution < 1.29 is 13.9 Å². The molecule has 0 saturated carbocycles. The first-order valence-corrected chi connectivity index (χ1v) is 9.42. The summed E-state index contributed by atoms with van der Waals surface area (Å²) in [6.07, 6.45) is -0.379. The second-order valence-corrected chi connectivity index (χ2v) is 7.76. The lowest BCUT2D eigenvalue weighted by atomic mass is 10.0. The molecule has 1 N–H and O–H groups in total. The Kier molecular flexibility index (Phi) is 4.16. The molecular weight excluding hydrogens is 344 g/mol. The molecule has 0 bridgehead atoms. The Bertz CT molecular complexity index is 809. The summed E-state index contributed by atoms with van der Waals surface area (Å²) in [7, 11) is 0. The van der Waals surface area contributed by atoms with Gasteiger partial charge in [-0.1, -0.05) is 19.1 Å². The van der Waals surface area contributed by atoms with Crippen LogP contribution in [-0.2, 0) is 12.3 Å². The molecule has 4 rings (SSSR count). The fourth-order valence-electron chi connectivity index (χ4n) is 3.31. The van der Waals surface area contributed by atoms with Gasteiger partial charge in [-0.25, -0.2) is 9.97 Å². The van der Waals surface area contributed by atoms with Crippen molar-refractivity contribution in [3.63, 3.8) is 0 Å². The van der Waals surface area contributed by atoms with E-state index in [4.69, 9.17) is 0 Å². The van der Waals surface area contributed by atoms with E-state index in [9.17, 15) is 13.9 Å². The van der Waals surface area contributed by atoms with E-state index in [-0.39, 0.29) is 24.5 Å². The summed E-state index contributed by atoms with van der Waals surface area (Å²) in [5, 5.41) is 9.51. The molecule has 25 heavy (non-hydrogen) atoms. The van der Waals surface area contributed by atoms with Crippen LogP contribution in [0.3, 0.4) is 0 Å². The molecule has 1 aromatic heterocycles. The fraction of sp³-hybridized carbons (Fsp3) is 0.444. The number of rotatable bonds is 4. The number of alkyl halides is 2. The summed E-state index contributed by atoms with van der Waals surface area (Å²) in [5.41, 5.74) is 1.84. The Labute approximate surface area is 149 Å². The topological polar surface area (TPSA) is 49.2 Å². The van der Waals surface area contributed by atoms with E-state index in [2.05, 4.69) is 16.9 Å². The fourth-order valence-corrected chi connectivity index (χ4v) is 4.03. The third-order valence-electron chi connectivity index (χ3n) is 4.59. The Morgan fingerprint density at radius 1 is 1.32 bits per heavy atom. The molecule has 1 aromatic carbocycles. The third-order valence-corrected chi connectivity index (χ3v) is 5.47. The number of halogens is 2. The summed E-state index contributed by atoms with van der Waals surface area (Å²) in [6, 6.07) is 7.86. The predicted octanol–water partition coefficient (Wildman–Crippen LogP) is 3.47. The number of nitrogens with zero attached hydrogens (tertiary/aromatic N) is 3. The Morgan fingerprint density at radius 2 is 2.12 bits per heavy atom. The van der Waals surface area contributed by atoms with Gasteiger partial charge in [0.15, 0.2) is 0 Å². The molecule has 2 heterocycles. The standard InChI is InChI=1S/C18H19F2N3OS/c1-2-25-13-5-3-4-11(8-13)15-14-6-7-18(19,20)16(14)22-17(21-15)23-9-12(24)10-23/h3-5,8,12,24H,2,6-7,9-10H2,1H3. The number of aliphatic hydroxyl groups is 1. The van der Waals surface area contributed by atoms with Crippen molar-refractivity contribution in [2.24, 2.45) is 0 Å². The van der Waals surface area contributed by atoms with Gasteiger partial charge in [0.05, 0.1) is 11.8 Å². The van der Waals surface area contributed by atoms with Gasteiger partial charge in [-0.15, -0.1) is 11.8 Å². The zero-order valence-electron chi connectivity index (χ0n) is 13.9. The highest BCUT2D eigenvalue weighted by Gasteiger charge is 2.44. The van der Waals surface area contributed by atoms with Gasteiger partial charge in [0.1, 0.15) is 5.69 Å². The molecule has 0 radical (unpaired) electrons. The quantitative estimate of drug-likeness (QED) is 0.843. The molecule has 1 fully saturated rings. The van der Waals surface area contributed by atoms with E-state index in [1.54, 1.807) is 16.7 Å². The number of thioether (sulfide) groups is 1. The molecule has 1 aliphatic carbocycles. The van der Waals surface area contributed by atoms with Gasteiger partial charge in [-0.05, 0) is 24.3 Å². The minimum absolute atomic E-state index is 0.151. The highest BCUT2D eigenvalue weighted by Crippen LogP contribution is 2.44. The minimum atomic E-state index is -2.92. The minimum Gasteiger partial charge on any atom is -0.389 e. The molecule has 2 aliphatic rings. The van der Waals surface area contributed by atoms with Gasteiger partial charge < -0.3 is 10.0 Å². The van der Waals surface area contributed by atoms with Crippen molar-refractivity contribution in [3.05, 3.63) is 35.5 Å². The SMILES string of the molecule is CCSc1cccc(-c2nc(N3CC(O)C3)nc3c2CCC3(F)F)c1. The highest BCUT2D eigenvalue weighted by atomic mass is 32.2. The van der Waals surface area contributed by atoms with Crippen LogP contribution in [0.4, 0.5) is 14.7 Å². The largest absolute Gasteiger partial charge is 0.389 e. The maximum atomic E-state index is 14.3. The highest BCUT2D eigenvalue weighted by molar-refractivity contribution is 7.99. The summed E-state index contributed by atoms with van der Waals surface area (Å²) >= 11 is 1.71. The number of aromatic nitrogens is 2. The number of fused-ring (bicyclic) bond motifs is 1. The van der Waals surface area contributed by atoms with Crippen LogP contribution in [-0.4, -0.2) is 40.0 Å². The molecule has 4 nitrogen and oxygen atoms in total. The summed E-state index contributed by atoms with van der Waals surface area (Å²) in [5.74, 6) is -1.68. The van der Waals surface area contributed by atoms with Crippen molar-refractivity contribution in [1.29, 1.82) is 0 Å². The summed E-state index contributed by atoms with van der Waals surface area (Å²) < 4.78 is 28.6. The number of hydrogen-bond acceptors (Lipinski definition) is 5. The van der Waals surface area contributed by atoms with E-state index in [1.165, 1.54) is 0 Å². The predicted molar refractivity (Wildman–Crippen MR) is 94.3 cm³/mol. The number of hydrogen-bond donors (Lipinski definition) is 1. The lowest BCUT2D eigenvalue weighted by Gasteiger charge is -2.36. The zero-order valence-corrected chi connectivity index (χ0v) is 14.7. The first-order valence-electron chi connectivity index (χ1n) is 8.43. The van der Waals surface area contributed by atoms with E-state index in [1.807, 2.05) is 24.3 Å². The smallest absolute Gasteiger partial charge is 0.290 e. The first-order chi connectivity index (χ1) is 12.0. The maximum Gasteiger partial charge on any atom is 0.290 e. The number of benzene rings is 1. The average molecular weight is 363 g/mol. The van der Waals surface area contributed by atoms with Gasteiger partial charge in [0.25, 0.3) is 5.92 Å². The molecule has 0 unspecified atom stereocenters. The zero-order chi connectivity index (χ0) is 17.6. The molecule has 7 heteroatoms. The summed E-state index contributed by atoms with van der Waals surface area (Å²) in [6.45, 7) is 2.85. The Morgan fingerprint density at radius 3 is 2.84 bits per heavy atom. The Balaban J connectivity index is 1.82. The lowest BCUT2D eigenvalue weighted by molar-refractivity contribution is -0.00596. The Hall–Kier alpha value is -1.73. The van der Waals surface area contributed by atoms with Crippen LogP contribution < -0.4 is 4.90 Å². The molecule has 0 amide bonds. The van der Waals surface area contributed by atoms with Gasteiger partial charge in [-0.2, -0.15) is 8.78 Å². The maximum absolute atomic E-state index is 14.3. The van der Waals surface area contributed by atoms with Crippen molar-refractivity contribution in [1.82, 2.24) is 9.97 Å². The molecule has 0 spiro atoms. The normalized spacial score (nSPS) is 19.0. The number of β-amino-alcohol motifs (C(OH)–C–C–N with tert-alkyl or cyclic N) is 1. The van der Waals surface area contributed by atoms with Crippen LogP contribution in [0.2, 0.25) is 0 Å². The molecule has 1 saturated heterocycles. The second kappa shape index (κ2) is 6.21. The van der Waals surface area contributed by atoms with E-state index < -0.39 is 12.0 Å².